The number of likely N-dealkylation sites (N-methyl/N-ethyl adjacent to an activating group) is 2. The smallest absolute Gasteiger partial charge is 0.550 e. The van der Waals surface area contributed by atoms with Crippen LogP contribution in [0.1, 0.15) is 169 Å². The molecule has 0 fully saturated rings. The molecule has 0 aromatic rings. The summed E-state index contributed by atoms with van der Waals surface area (Å²) in [6.07, 6.45) is 19.3. The second-order valence-corrected chi connectivity index (χ2v) is 13.7. The summed E-state index contributed by atoms with van der Waals surface area (Å²) in [7, 11) is 3.66. The van der Waals surface area contributed by atoms with E-state index in [9.17, 15) is 29.4 Å². The Morgan fingerprint density at radius 1 is 0.571 bits per heavy atom. The summed E-state index contributed by atoms with van der Waals surface area (Å²) in [4.78, 5) is 50.7. The molecule has 0 aliphatic heterocycles. The van der Waals surface area contributed by atoms with Gasteiger partial charge in [0.2, 0.25) is 5.91 Å². The van der Waals surface area contributed by atoms with Gasteiger partial charge in [0, 0.05) is 39.1 Å². The average Bonchev–Trinajstić information content (AvgIpc) is 3.06. The minimum absolute atomic E-state index is 0. The molecule has 0 bridgehead atoms. The van der Waals surface area contributed by atoms with Crippen LogP contribution in [0.4, 0.5) is 0 Å². The van der Waals surface area contributed by atoms with Crippen molar-refractivity contribution in [3.8, 4) is 0 Å². The predicted molar refractivity (Wildman–Crippen MR) is 193 cm³/mol. The summed E-state index contributed by atoms with van der Waals surface area (Å²) in [5.74, 6) is -2.00. The zero-order chi connectivity index (χ0) is 36.2. The minimum Gasteiger partial charge on any atom is -0.550 e. The Labute approximate surface area is 328 Å². The van der Waals surface area contributed by atoms with Gasteiger partial charge in [-0.3, -0.25) is 9.59 Å². The van der Waals surface area contributed by atoms with Crippen molar-refractivity contribution in [2.75, 3.05) is 33.8 Å². The molecule has 0 heterocycles. The Balaban J connectivity index is 0. The van der Waals surface area contributed by atoms with Crippen LogP contribution >= 0.6 is 0 Å². The quantitative estimate of drug-likeness (QED) is 0.0666. The van der Waals surface area contributed by atoms with Gasteiger partial charge in [-0.2, -0.15) is 0 Å². The third kappa shape index (κ3) is 25.6. The molecule has 10 nitrogen and oxygen atoms in total. The molecular formula is C38H70CaN2O8. The number of carboxylic acids is 2. The van der Waals surface area contributed by atoms with Crippen molar-refractivity contribution in [3.05, 3.63) is 0 Å². The Kier molecular flexibility index (Phi) is 32.5. The second-order valence-electron chi connectivity index (χ2n) is 13.7. The molecule has 0 aliphatic carbocycles. The van der Waals surface area contributed by atoms with Crippen molar-refractivity contribution in [2.45, 2.75) is 187 Å². The Bertz CT molecular complexity index is 871. The van der Waals surface area contributed by atoms with Gasteiger partial charge in [-0.25, -0.2) is 0 Å². The first kappa shape index (κ1) is 50.2. The first-order chi connectivity index (χ1) is 22.9. The van der Waals surface area contributed by atoms with Gasteiger partial charge in [0.15, 0.2) is 0 Å². The number of nitrogens with zero attached hydrogens (tertiary/aromatic N) is 2. The first-order valence-corrected chi connectivity index (χ1v) is 19.1. The number of ether oxygens (including phenoxy) is 2. The van der Waals surface area contributed by atoms with Gasteiger partial charge in [0.05, 0.1) is 12.2 Å². The predicted octanol–water partition coefficient (Wildman–Crippen LogP) is 5.19. The van der Waals surface area contributed by atoms with E-state index in [4.69, 9.17) is 9.47 Å². The average molecular weight is 723 g/mol. The summed E-state index contributed by atoms with van der Waals surface area (Å²) < 4.78 is 12.4. The van der Waals surface area contributed by atoms with E-state index in [2.05, 4.69) is 0 Å². The van der Waals surface area contributed by atoms with E-state index in [-0.39, 0.29) is 81.2 Å². The molecule has 0 unspecified atom stereocenters. The largest absolute Gasteiger partial charge is 2.00 e. The summed E-state index contributed by atoms with van der Waals surface area (Å²) >= 11 is 0. The van der Waals surface area contributed by atoms with Crippen LogP contribution in [0.15, 0.2) is 0 Å². The van der Waals surface area contributed by atoms with Crippen molar-refractivity contribution < 1.29 is 38.9 Å². The van der Waals surface area contributed by atoms with E-state index >= 15 is 0 Å². The molecule has 282 valence electrons. The fourth-order valence-corrected chi connectivity index (χ4v) is 5.96. The van der Waals surface area contributed by atoms with Crippen molar-refractivity contribution in [3.63, 3.8) is 0 Å². The summed E-state index contributed by atoms with van der Waals surface area (Å²) in [5, 5.41) is 20.9. The number of amides is 2. The number of carbonyl (C=O) groups excluding carboxylic acids is 4. The van der Waals surface area contributed by atoms with E-state index in [1.54, 1.807) is 9.80 Å². The van der Waals surface area contributed by atoms with E-state index < -0.39 is 17.5 Å². The van der Waals surface area contributed by atoms with Crippen LogP contribution in [-0.2, 0) is 28.7 Å². The van der Waals surface area contributed by atoms with Gasteiger partial charge in [-0.05, 0) is 65.2 Å². The molecule has 0 saturated carbocycles. The molecule has 0 N–H and O–H groups in total. The van der Waals surface area contributed by atoms with Crippen LogP contribution < -0.4 is 10.2 Å². The maximum atomic E-state index is 13.6. The monoisotopic (exact) mass is 722 g/mol. The molecule has 0 saturated heterocycles. The Morgan fingerprint density at radius 2 is 0.918 bits per heavy atom. The maximum absolute atomic E-state index is 13.6. The zero-order valence-corrected chi connectivity index (χ0v) is 34.4. The summed E-state index contributed by atoms with van der Waals surface area (Å²) in [6, 6.07) is 0. The summed E-state index contributed by atoms with van der Waals surface area (Å²) in [6.45, 7) is 9.10. The number of carbonyl (C=O) groups is 4. The van der Waals surface area contributed by atoms with Gasteiger partial charge < -0.3 is 39.1 Å². The van der Waals surface area contributed by atoms with Crippen LogP contribution in [0, 0.1) is 0 Å². The first-order valence-electron chi connectivity index (χ1n) is 19.1. The second kappa shape index (κ2) is 31.8. The molecule has 0 spiro atoms. The van der Waals surface area contributed by atoms with Crippen LogP contribution in [-0.4, -0.2) is 123 Å². The molecule has 0 rings (SSSR count). The molecule has 0 aromatic carbocycles. The fourth-order valence-electron chi connectivity index (χ4n) is 5.96. The van der Waals surface area contributed by atoms with Gasteiger partial charge in [0.25, 0.3) is 5.91 Å². The zero-order valence-electron chi connectivity index (χ0n) is 32.2. The van der Waals surface area contributed by atoms with Gasteiger partial charge in [-0.1, -0.05) is 104 Å². The standard InChI is InChI=1S/C38H72N2O8.Ca/c1-7-38(8-2,37(46)40(6)30-26-22-18-14-10-12-16-20-24-28-36(44)45)48-33(4)32(3)47-31-34(41)39(5)29-25-21-17-13-9-11-15-19-23-27-35(42)43;/h32-33H,7-31H2,1-6H3,(H,42,43)(H,44,45);/q;+2/p-2/t32-,33-;/m1./s1. The van der Waals surface area contributed by atoms with Crippen molar-refractivity contribution in [2.24, 2.45) is 0 Å². The van der Waals surface area contributed by atoms with E-state index in [0.717, 1.165) is 103 Å². The molecule has 2 amide bonds. The fraction of sp³-hybridized carbons (Fsp3) is 0.895. The minimum atomic E-state index is -0.963. The third-order valence-corrected chi connectivity index (χ3v) is 9.60. The molecule has 2 atom stereocenters. The van der Waals surface area contributed by atoms with Crippen LogP contribution in [0.25, 0.3) is 0 Å². The van der Waals surface area contributed by atoms with Crippen LogP contribution in [0.3, 0.4) is 0 Å². The van der Waals surface area contributed by atoms with Crippen molar-refractivity contribution >= 4 is 61.5 Å². The Morgan fingerprint density at radius 3 is 1.29 bits per heavy atom. The normalized spacial score (nSPS) is 12.6. The van der Waals surface area contributed by atoms with E-state index in [1.807, 2.05) is 41.8 Å². The molecular weight excluding hydrogens is 653 g/mol. The van der Waals surface area contributed by atoms with Gasteiger partial charge >= 0.3 is 37.7 Å². The Hall–Kier alpha value is -0.940. The van der Waals surface area contributed by atoms with Crippen LogP contribution in [0.2, 0.25) is 0 Å². The maximum Gasteiger partial charge on any atom is 2.00 e. The van der Waals surface area contributed by atoms with E-state index in [1.165, 1.54) is 0 Å². The van der Waals surface area contributed by atoms with Gasteiger partial charge in [-0.15, -0.1) is 0 Å². The molecule has 0 aliphatic rings. The number of aliphatic carboxylic acids is 2. The number of hydrogen-bond acceptors (Lipinski definition) is 8. The third-order valence-electron chi connectivity index (χ3n) is 9.60. The van der Waals surface area contributed by atoms with E-state index in [0.29, 0.717) is 38.8 Å². The molecule has 0 radical (unpaired) electrons. The molecule has 0 aromatic heterocycles. The number of rotatable bonds is 33. The van der Waals surface area contributed by atoms with Crippen LogP contribution in [0.5, 0.6) is 0 Å². The number of hydrogen-bond donors (Lipinski definition) is 0. The summed E-state index contributed by atoms with van der Waals surface area (Å²) in [5.41, 5.74) is -0.929. The SMILES string of the molecule is CCC(CC)(O[C@H](C)[C@@H](C)OCC(=O)N(C)CCCCCCCCCCCC(=O)[O-])C(=O)N(C)CCCCCCCCCCCC(=O)[O-].[Ca+2]. The number of unbranched alkanes of at least 4 members (excludes halogenated alkanes) is 16. The van der Waals surface area contributed by atoms with Gasteiger partial charge in [0.1, 0.15) is 12.2 Å². The van der Waals surface area contributed by atoms with Crippen molar-refractivity contribution in [1.29, 1.82) is 0 Å². The van der Waals surface area contributed by atoms with Crippen molar-refractivity contribution in [1.82, 2.24) is 9.80 Å². The molecule has 11 heteroatoms. The number of carboxylic acid groups (broad SMARTS) is 2. The topological polar surface area (TPSA) is 139 Å². The molecule has 49 heavy (non-hydrogen) atoms.